The molecule has 0 fully saturated rings. The Morgan fingerprint density at radius 3 is 1.97 bits per heavy atom. The summed E-state index contributed by atoms with van der Waals surface area (Å²) in [5.41, 5.74) is 3.31. The Kier molecular flexibility index (Phi) is 11.2. The maximum Gasteiger partial charge on any atom is 0.335 e. The van der Waals surface area contributed by atoms with E-state index in [0.29, 0.717) is 6.42 Å². The van der Waals surface area contributed by atoms with E-state index in [-0.39, 0.29) is 24.2 Å². The third-order valence-electron chi connectivity index (χ3n) is 4.09. The standard InChI is InChI=1S/C15H14O2.C8H7FO3.CH2O2/c16-15(17)11-8-12-6-9-14(10-7-12)13-4-2-1-3-5-13;1-12-7-3-2-5(8(10)11)4-6(7)9;2-1-3/h1-7,9-10H,8,11H2,(H,16,17);2-4H,1H3,(H,10,11);1H,(H,2,3). The van der Waals surface area contributed by atoms with E-state index < -0.39 is 17.8 Å². The number of methoxy groups -OCH3 is 1. The van der Waals surface area contributed by atoms with Crippen LogP contribution in [0.25, 0.3) is 11.1 Å². The maximum absolute atomic E-state index is 12.8. The third-order valence-corrected chi connectivity index (χ3v) is 4.09. The van der Waals surface area contributed by atoms with E-state index in [1.54, 1.807) is 0 Å². The summed E-state index contributed by atoms with van der Waals surface area (Å²) < 4.78 is 17.4. The van der Waals surface area contributed by atoms with Gasteiger partial charge in [-0.25, -0.2) is 9.18 Å². The van der Waals surface area contributed by atoms with Crippen LogP contribution in [0.1, 0.15) is 22.3 Å². The smallest absolute Gasteiger partial charge is 0.335 e. The van der Waals surface area contributed by atoms with Crippen molar-refractivity contribution in [3.63, 3.8) is 0 Å². The van der Waals surface area contributed by atoms with Crippen molar-refractivity contribution in [3.05, 3.63) is 89.7 Å². The largest absolute Gasteiger partial charge is 0.494 e. The number of rotatable bonds is 6. The molecule has 168 valence electrons. The number of hydrogen-bond donors (Lipinski definition) is 3. The summed E-state index contributed by atoms with van der Waals surface area (Å²) >= 11 is 0. The zero-order valence-electron chi connectivity index (χ0n) is 17.3. The molecule has 0 aliphatic rings. The molecule has 0 amide bonds. The van der Waals surface area contributed by atoms with Gasteiger partial charge in [-0.1, -0.05) is 54.6 Å². The average Bonchev–Trinajstić information content (AvgIpc) is 2.79. The van der Waals surface area contributed by atoms with E-state index in [2.05, 4.69) is 16.9 Å². The van der Waals surface area contributed by atoms with Gasteiger partial charge in [0.1, 0.15) is 0 Å². The Balaban J connectivity index is 0.000000299. The van der Waals surface area contributed by atoms with Crippen molar-refractivity contribution in [1.29, 1.82) is 0 Å². The highest BCUT2D eigenvalue weighted by atomic mass is 19.1. The van der Waals surface area contributed by atoms with Crippen LogP contribution in [0.3, 0.4) is 0 Å². The van der Waals surface area contributed by atoms with Crippen molar-refractivity contribution in [1.82, 2.24) is 0 Å². The maximum atomic E-state index is 12.8. The molecule has 32 heavy (non-hydrogen) atoms. The van der Waals surface area contributed by atoms with Crippen LogP contribution < -0.4 is 4.74 Å². The summed E-state index contributed by atoms with van der Waals surface area (Å²) in [6.45, 7) is -0.250. The van der Waals surface area contributed by atoms with Gasteiger partial charge in [0.25, 0.3) is 6.47 Å². The van der Waals surface area contributed by atoms with Crippen LogP contribution >= 0.6 is 0 Å². The van der Waals surface area contributed by atoms with Gasteiger partial charge in [-0.3, -0.25) is 9.59 Å². The molecule has 3 aromatic carbocycles. The predicted molar refractivity (Wildman–Crippen MR) is 116 cm³/mol. The molecular formula is C24H23FO7. The molecule has 0 saturated carbocycles. The summed E-state index contributed by atoms with van der Waals surface area (Å²) in [6, 6.07) is 21.7. The molecule has 0 aliphatic heterocycles. The number of halogens is 1. The van der Waals surface area contributed by atoms with Gasteiger partial charge in [0, 0.05) is 6.42 Å². The Morgan fingerprint density at radius 2 is 1.50 bits per heavy atom. The molecule has 0 atom stereocenters. The fourth-order valence-electron chi connectivity index (χ4n) is 2.55. The lowest BCUT2D eigenvalue weighted by Crippen LogP contribution is -1.97. The van der Waals surface area contributed by atoms with Gasteiger partial charge in [0.05, 0.1) is 12.7 Å². The molecule has 3 N–H and O–H groups in total. The molecule has 0 heterocycles. The Bertz CT molecular complexity index is 1000. The Morgan fingerprint density at radius 1 is 0.938 bits per heavy atom. The second-order valence-corrected chi connectivity index (χ2v) is 6.22. The minimum atomic E-state index is -1.16. The van der Waals surface area contributed by atoms with Gasteiger partial charge in [-0.15, -0.1) is 0 Å². The van der Waals surface area contributed by atoms with Crippen LogP contribution in [0.4, 0.5) is 4.39 Å². The van der Waals surface area contributed by atoms with Gasteiger partial charge < -0.3 is 20.1 Å². The van der Waals surface area contributed by atoms with Crippen molar-refractivity contribution < 1.29 is 38.8 Å². The number of carboxylic acid groups (broad SMARTS) is 3. The van der Waals surface area contributed by atoms with Crippen LogP contribution in [0.15, 0.2) is 72.8 Å². The van der Waals surface area contributed by atoms with Gasteiger partial charge in [0.2, 0.25) is 0 Å². The normalized spacial score (nSPS) is 9.31. The number of aryl methyl sites for hydroxylation is 1. The number of carboxylic acids is 2. The minimum absolute atomic E-state index is 0.0417. The van der Waals surface area contributed by atoms with E-state index in [4.69, 9.17) is 20.1 Å². The van der Waals surface area contributed by atoms with Crippen molar-refractivity contribution in [2.24, 2.45) is 0 Å². The quantitative estimate of drug-likeness (QED) is 0.477. The van der Waals surface area contributed by atoms with Crippen molar-refractivity contribution >= 4 is 18.4 Å². The second-order valence-electron chi connectivity index (χ2n) is 6.22. The van der Waals surface area contributed by atoms with E-state index in [9.17, 15) is 14.0 Å². The van der Waals surface area contributed by atoms with E-state index >= 15 is 0 Å². The number of carbonyl (C=O) groups is 3. The fourth-order valence-corrected chi connectivity index (χ4v) is 2.55. The highest BCUT2D eigenvalue weighted by molar-refractivity contribution is 5.87. The average molecular weight is 442 g/mol. The SMILES string of the molecule is COc1ccc(C(=O)O)cc1F.O=C(O)CCc1ccc(-c2ccccc2)cc1.O=CO. The molecule has 3 aromatic rings. The lowest BCUT2D eigenvalue weighted by molar-refractivity contribution is -0.137. The molecule has 0 radical (unpaired) electrons. The molecule has 0 bridgehead atoms. The lowest BCUT2D eigenvalue weighted by Gasteiger charge is -2.03. The molecule has 0 unspecified atom stereocenters. The lowest BCUT2D eigenvalue weighted by atomic mass is 10.0. The summed E-state index contributed by atoms with van der Waals surface area (Å²) in [5, 5.41) is 24.0. The number of hydrogen-bond acceptors (Lipinski definition) is 4. The highest BCUT2D eigenvalue weighted by Crippen LogP contribution is 2.19. The topological polar surface area (TPSA) is 121 Å². The Labute approximate surface area is 184 Å². The molecule has 0 spiro atoms. The van der Waals surface area contributed by atoms with Gasteiger partial charge in [-0.2, -0.15) is 0 Å². The van der Waals surface area contributed by atoms with Gasteiger partial charge in [0.15, 0.2) is 11.6 Å². The number of ether oxygens (including phenoxy) is 1. The van der Waals surface area contributed by atoms with Crippen LogP contribution in [-0.2, 0) is 16.0 Å². The summed E-state index contributed by atoms with van der Waals surface area (Å²) in [4.78, 5) is 29.2. The molecule has 0 saturated heterocycles. The summed E-state index contributed by atoms with van der Waals surface area (Å²) in [5.74, 6) is -2.54. The first-order chi connectivity index (χ1) is 15.3. The van der Waals surface area contributed by atoms with E-state index in [1.807, 2.05) is 42.5 Å². The highest BCUT2D eigenvalue weighted by Gasteiger charge is 2.07. The van der Waals surface area contributed by atoms with E-state index in [1.165, 1.54) is 24.8 Å². The first-order valence-electron chi connectivity index (χ1n) is 9.33. The number of aliphatic carboxylic acids is 1. The van der Waals surface area contributed by atoms with Crippen LogP contribution in [-0.4, -0.2) is 40.8 Å². The van der Waals surface area contributed by atoms with Gasteiger partial charge >= 0.3 is 11.9 Å². The third kappa shape index (κ3) is 9.08. The zero-order valence-corrected chi connectivity index (χ0v) is 17.3. The van der Waals surface area contributed by atoms with Crippen LogP contribution in [0.5, 0.6) is 5.75 Å². The van der Waals surface area contributed by atoms with E-state index in [0.717, 1.165) is 17.2 Å². The van der Waals surface area contributed by atoms with Crippen molar-refractivity contribution in [2.45, 2.75) is 12.8 Å². The molecule has 8 heteroatoms. The molecule has 0 aliphatic carbocycles. The summed E-state index contributed by atoms with van der Waals surface area (Å²) in [6.07, 6.45) is 0.773. The first kappa shape index (κ1) is 25.8. The molecular weight excluding hydrogens is 419 g/mol. The second kappa shape index (κ2) is 13.9. The number of benzene rings is 3. The molecule has 0 aromatic heterocycles. The van der Waals surface area contributed by atoms with Gasteiger partial charge in [-0.05, 0) is 41.3 Å². The minimum Gasteiger partial charge on any atom is -0.494 e. The Hall–Kier alpha value is -4.20. The molecule has 3 rings (SSSR count). The predicted octanol–water partition coefficient (Wildman–Crippen LogP) is 4.60. The van der Waals surface area contributed by atoms with Crippen molar-refractivity contribution in [3.8, 4) is 16.9 Å². The monoisotopic (exact) mass is 442 g/mol. The van der Waals surface area contributed by atoms with Crippen LogP contribution in [0, 0.1) is 5.82 Å². The van der Waals surface area contributed by atoms with Crippen molar-refractivity contribution in [2.75, 3.05) is 7.11 Å². The zero-order chi connectivity index (χ0) is 23.9. The number of aromatic carboxylic acids is 1. The molecule has 7 nitrogen and oxygen atoms in total. The fraction of sp³-hybridized carbons (Fsp3) is 0.125. The first-order valence-corrected chi connectivity index (χ1v) is 9.33. The summed E-state index contributed by atoms with van der Waals surface area (Å²) in [7, 11) is 1.32. The van der Waals surface area contributed by atoms with Crippen LogP contribution in [0.2, 0.25) is 0 Å².